The Kier molecular flexibility index (Phi) is 10.7. The first-order chi connectivity index (χ1) is 22.2. The van der Waals surface area contributed by atoms with Crippen LogP contribution < -0.4 is 10.6 Å². The number of hydrogen-bond donors (Lipinski definition) is 5. The van der Waals surface area contributed by atoms with E-state index in [-0.39, 0.29) is 25.4 Å². The standard InChI is InChI=1S/C34H40FN7O4/c1-23-6-2-7-26(20-23)31-28(9-3-10-29(31)35)34(46,16-5-17-37-33(44)45)27-8-4-19-42(22-27)32(43)25-13-11-24(12-14-25)21-36-18-15-30-38-40-41-39-30/h2-3,6-7,9-14,20,27,36-37,46H,4-5,8,15-19,21-22H2,1H3,(H,44,45)(H,38,39,40,41)/t27-,34?/m1/s1. The van der Waals surface area contributed by atoms with Crippen molar-refractivity contribution < 1.29 is 24.2 Å². The molecule has 3 aromatic carbocycles. The number of H-pyrrole nitrogens is 1. The number of benzene rings is 3. The molecule has 5 N–H and O–H groups in total. The molecule has 0 saturated carbocycles. The van der Waals surface area contributed by atoms with Crippen LogP contribution in [0.2, 0.25) is 0 Å². The van der Waals surface area contributed by atoms with Gasteiger partial charge in [0.2, 0.25) is 0 Å². The highest BCUT2D eigenvalue weighted by atomic mass is 19.1. The van der Waals surface area contributed by atoms with Crippen molar-refractivity contribution in [2.75, 3.05) is 26.2 Å². The number of aromatic amines is 1. The van der Waals surface area contributed by atoms with E-state index in [9.17, 15) is 14.7 Å². The third-order valence-electron chi connectivity index (χ3n) is 8.64. The third-order valence-corrected chi connectivity index (χ3v) is 8.64. The lowest BCUT2D eigenvalue weighted by Crippen LogP contribution is -2.48. The van der Waals surface area contributed by atoms with Crippen molar-refractivity contribution in [3.05, 3.63) is 101 Å². The molecule has 0 aliphatic carbocycles. The van der Waals surface area contributed by atoms with Crippen molar-refractivity contribution in [3.63, 3.8) is 0 Å². The van der Waals surface area contributed by atoms with Crippen LogP contribution in [-0.4, -0.2) is 73.9 Å². The monoisotopic (exact) mass is 629 g/mol. The molecule has 1 saturated heterocycles. The Balaban J connectivity index is 1.34. The maximum atomic E-state index is 15.6. The van der Waals surface area contributed by atoms with Gasteiger partial charge in [0.1, 0.15) is 11.6 Å². The van der Waals surface area contributed by atoms with Crippen molar-refractivity contribution >= 4 is 12.0 Å². The van der Waals surface area contributed by atoms with Crippen molar-refractivity contribution in [3.8, 4) is 11.1 Å². The second kappa shape index (κ2) is 15.1. The number of hydrogen-bond acceptors (Lipinski definition) is 7. The largest absolute Gasteiger partial charge is 0.465 e. The molecule has 1 aliphatic rings. The minimum absolute atomic E-state index is 0.130. The van der Waals surface area contributed by atoms with Gasteiger partial charge in [0.05, 0.1) is 5.60 Å². The molecule has 1 aromatic heterocycles. The number of likely N-dealkylation sites (tertiary alicyclic amines) is 1. The number of aryl methyl sites for hydroxylation is 1. The van der Waals surface area contributed by atoms with Crippen molar-refractivity contribution in [1.29, 1.82) is 0 Å². The quantitative estimate of drug-likeness (QED) is 0.136. The average Bonchev–Trinajstić information content (AvgIpc) is 3.58. The molecule has 242 valence electrons. The molecule has 1 unspecified atom stereocenters. The fourth-order valence-corrected chi connectivity index (χ4v) is 6.31. The van der Waals surface area contributed by atoms with Crippen molar-refractivity contribution in [2.24, 2.45) is 5.92 Å². The van der Waals surface area contributed by atoms with Gasteiger partial charge in [-0.05, 0) is 77.9 Å². The highest BCUT2D eigenvalue weighted by Gasteiger charge is 2.43. The number of rotatable bonds is 13. The lowest BCUT2D eigenvalue weighted by atomic mass is 9.72. The number of tetrazole rings is 1. The summed E-state index contributed by atoms with van der Waals surface area (Å²) < 4.78 is 15.6. The first kappa shape index (κ1) is 32.7. The summed E-state index contributed by atoms with van der Waals surface area (Å²) in [5.74, 6) is -0.266. The highest BCUT2D eigenvalue weighted by Crippen LogP contribution is 2.44. The lowest BCUT2D eigenvalue weighted by molar-refractivity contribution is -0.0564. The van der Waals surface area contributed by atoms with E-state index >= 15 is 4.39 Å². The SMILES string of the molecule is Cc1cccc(-c2c(F)cccc2C(O)(CCCNC(=O)O)[C@@H]2CCCN(C(=O)c3ccc(CNCCc4nnn[nH]4)cc3)C2)c1. The second-order valence-corrected chi connectivity index (χ2v) is 11.9. The summed E-state index contributed by atoms with van der Waals surface area (Å²) in [4.78, 5) is 26.6. The molecule has 2 amide bonds. The van der Waals surface area contributed by atoms with Crippen LogP contribution in [0.3, 0.4) is 0 Å². The number of amides is 2. The predicted octanol–water partition coefficient (Wildman–Crippen LogP) is 4.43. The van der Waals surface area contributed by atoms with E-state index in [1.165, 1.54) is 6.07 Å². The molecule has 1 fully saturated rings. The van der Waals surface area contributed by atoms with Gasteiger partial charge in [0.15, 0.2) is 0 Å². The Morgan fingerprint density at radius 2 is 1.91 bits per heavy atom. The Morgan fingerprint density at radius 1 is 1.11 bits per heavy atom. The molecule has 46 heavy (non-hydrogen) atoms. The molecule has 2 atom stereocenters. The minimum atomic E-state index is -1.52. The topological polar surface area (TPSA) is 156 Å². The highest BCUT2D eigenvalue weighted by molar-refractivity contribution is 5.94. The number of nitrogens with one attached hydrogen (secondary N) is 3. The normalized spacial score (nSPS) is 16.2. The zero-order valence-electron chi connectivity index (χ0n) is 25.9. The van der Waals surface area contributed by atoms with E-state index in [1.807, 2.05) is 55.5 Å². The molecule has 5 rings (SSSR count). The maximum Gasteiger partial charge on any atom is 0.404 e. The van der Waals surface area contributed by atoms with Crippen LogP contribution in [0, 0.1) is 18.7 Å². The average molecular weight is 630 g/mol. The second-order valence-electron chi connectivity index (χ2n) is 11.9. The van der Waals surface area contributed by atoms with Gasteiger partial charge in [-0.2, -0.15) is 0 Å². The summed E-state index contributed by atoms with van der Waals surface area (Å²) >= 11 is 0. The van der Waals surface area contributed by atoms with Gasteiger partial charge in [-0.25, -0.2) is 14.3 Å². The first-order valence-electron chi connectivity index (χ1n) is 15.6. The molecule has 0 bridgehead atoms. The molecular formula is C34H40FN7O4. The summed E-state index contributed by atoms with van der Waals surface area (Å²) in [5, 5.41) is 41.1. The van der Waals surface area contributed by atoms with Gasteiger partial charge in [-0.15, -0.1) is 5.10 Å². The lowest BCUT2D eigenvalue weighted by Gasteiger charge is -2.43. The van der Waals surface area contributed by atoms with Crippen LogP contribution in [0.15, 0.2) is 66.7 Å². The van der Waals surface area contributed by atoms with Crippen LogP contribution in [-0.2, 0) is 18.6 Å². The summed E-state index contributed by atoms with van der Waals surface area (Å²) in [6.45, 7) is 4.22. The van der Waals surface area contributed by atoms with E-state index in [4.69, 9.17) is 5.11 Å². The van der Waals surface area contributed by atoms with Gasteiger partial charge >= 0.3 is 6.09 Å². The zero-order valence-corrected chi connectivity index (χ0v) is 25.9. The Labute approximate surface area is 267 Å². The predicted molar refractivity (Wildman–Crippen MR) is 170 cm³/mol. The van der Waals surface area contributed by atoms with E-state index in [0.29, 0.717) is 73.4 Å². The van der Waals surface area contributed by atoms with Crippen molar-refractivity contribution in [1.82, 2.24) is 36.2 Å². The molecule has 11 nitrogen and oxygen atoms in total. The summed E-state index contributed by atoms with van der Waals surface area (Å²) in [6, 6.07) is 19.7. The summed E-state index contributed by atoms with van der Waals surface area (Å²) in [5.41, 5.74) is 2.46. The van der Waals surface area contributed by atoms with Crippen LogP contribution in [0.25, 0.3) is 11.1 Å². The number of carbonyl (C=O) groups is 2. The first-order valence-corrected chi connectivity index (χ1v) is 15.6. The fraction of sp³-hybridized carbons (Fsp3) is 0.382. The Hall–Kier alpha value is -4.68. The van der Waals surface area contributed by atoms with Gasteiger partial charge in [0, 0.05) is 56.2 Å². The molecule has 2 heterocycles. The Bertz CT molecular complexity index is 1620. The number of carbonyl (C=O) groups excluding carboxylic acids is 1. The smallest absolute Gasteiger partial charge is 0.404 e. The zero-order chi connectivity index (χ0) is 32.5. The minimum Gasteiger partial charge on any atom is -0.465 e. The van der Waals surface area contributed by atoms with Crippen LogP contribution in [0.1, 0.15) is 58.6 Å². The van der Waals surface area contributed by atoms with Gasteiger partial charge < -0.3 is 25.7 Å². The fourth-order valence-electron chi connectivity index (χ4n) is 6.31. The van der Waals surface area contributed by atoms with Crippen LogP contribution >= 0.6 is 0 Å². The Morgan fingerprint density at radius 3 is 2.65 bits per heavy atom. The number of carboxylic acid groups (broad SMARTS) is 1. The van der Waals surface area contributed by atoms with Crippen molar-refractivity contribution in [2.45, 2.75) is 51.2 Å². The van der Waals surface area contributed by atoms with Gasteiger partial charge in [-0.3, -0.25) is 4.79 Å². The number of aliphatic hydroxyl groups is 1. The van der Waals surface area contributed by atoms with E-state index in [2.05, 4.69) is 31.3 Å². The number of nitrogens with zero attached hydrogens (tertiary/aromatic N) is 4. The maximum absolute atomic E-state index is 15.6. The van der Waals surface area contributed by atoms with Crippen LogP contribution in [0.5, 0.6) is 0 Å². The molecule has 4 aromatic rings. The molecular weight excluding hydrogens is 589 g/mol. The summed E-state index contributed by atoms with van der Waals surface area (Å²) in [7, 11) is 0. The number of aromatic nitrogens is 4. The summed E-state index contributed by atoms with van der Waals surface area (Å²) in [6.07, 6.45) is 1.35. The van der Waals surface area contributed by atoms with E-state index in [1.54, 1.807) is 17.0 Å². The molecule has 12 heteroatoms. The molecule has 0 spiro atoms. The van der Waals surface area contributed by atoms with Gasteiger partial charge in [-0.1, -0.05) is 54.1 Å². The van der Waals surface area contributed by atoms with Crippen LogP contribution in [0.4, 0.5) is 9.18 Å². The van der Waals surface area contributed by atoms with Gasteiger partial charge in [0.25, 0.3) is 5.91 Å². The number of piperidine rings is 1. The molecule has 0 radical (unpaired) electrons. The van der Waals surface area contributed by atoms with E-state index < -0.39 is 23.4 Å². The number of halogens is 1. The third kappa shape index (κ3) is 7.93. The van der Waals surface area contributed by atoms with E-state index in [0.717, 1.165) is 11.1 Å². The molecule has 1 aliphatic heterocycles.